The Bertz CT molecular complexity index is 156. The van der Waals surface area contributed by atoms with Gasteiger partial charge in [0.25, 0.3) is 0 Å². The highest BCUT2D eigenvalue weighted by atomic mass is 16.2. The van der Waals surface area contributed by atoms with Crippen LogP contribution in [0, 0.1) is 0 Å². The van der Waals surface area contributed by atoms with Crippen molar-refractivity contribution >= 4 is 5.91 Å². The van der Waals surface area contributed by atoms with Crippen LogP contribution in [0.4, 0.5) is 0 Å². The average molecular weight is 183 g/mol. The van der Waals surface area contributed by atoms with Gasteiger partial charge in [-0.05, 0) is 19.3 Å². The second-order valence-corrected chi connectivity index (χ2v) is 3.90. The van der Waals surface area contributed by atoms with Crippen molar-refractivity contribution in [2.24, 2.45) is 0 Å². The molecule has 1 saturated heterocycles. The van der Waals surface area contributed by atoms with Crippen LogP contribution >= 0.6 is 0 Å². The van der Waals surface area contributed by atoms with Crippen molar-refractivity contribution in [1.29, 1.82) is 0 Å². The zero-order chi connectivity index (χ0) is 9.52. The molecule has 13 heavy (non-hydrogen) atoms. The number of amides is 1. The van der Waals surface area contributed by atoms with E-state index in [2.05, 4.69) is 11.8 Å². The molecule has 2 heteroatoms. The molecule has 0 aromatic heterocycles. The maximum absolute atomic E-state index is 11.5. The lowest BCUT2D eigenvalue weighted by atomic mass is 10.2. The molecule has 0 aromatic rings. The van der Waals surface area contributed by atoms with Gasteiger partial charge >= 0.3 is 0 Å². The Morgan fingerprint density at radius 1 is 1.23 bits per heavy atom. The molecule has 0 bridgehead atoms. The van der Waals surface area contributed by atoms with Gasteiger partial charge < -0.3 is 4.90 Å². The van der Waals surface area contributed by atoms with Crippen molar-refractivity contribution in [1.82, 2.24) is 4.90 Å². The number of hydrogen-bond acceptors (Lipinski definition) is 1. The lowest BCUT2D eigenvalue weighted by molar-refractivity contribution is -0.130. The van der Waals surface area contributed by atoms with Crippen molar-refractivity contribution in [3.63, 3.8) is 0 Å². The molecule has 0 aliphatic carbocycles. The maximum atomic E-state index is 11.5. The number of carbonyl (C=O) groups is 1. The summed E-state index contributed by atoms with van der Waals surface area (Å²) < 4.78 is 0. The van der Waals surface area contributed by atoms with Gasteiger partial charge in [0, 0.05) is 19.5 Å². The summed E-state index contributed by atoms with van der Waals surface area (Å²) in [6.07, 6.45) is 8.00. The fourth-order valence-corrected chi connectivity index (χ4v) is 1.83. The highest BCUT2D eigenvalue weighted by molar-refractivity contribution is 5.76. The first-order valence-corrected chi connectivity index (χ1v) is 5.62. The third-order valence-corrected chi connectivity index (χ3v) is 2.70. The average Bonchev–Trinajstić information content (AvgIpc) is 2.32. The predicted octanol–water partition coefficient (Wildman–Crippen LogP) is 2.58. The maximum Gasteiger partial charge on any atom is 0.222 e. The van der Waals surface area contributed by atoms with Gasteiger partial charge in [-0.1, -0.05) is 26.2 Å². The predicted molar refractivity (Wildman–Crippen MR) is 54.6 cm³/mol. The molecule has 0 spiro atoms. The van der Waals surface area contributed by atoms with Crippen LogP contribution in [0.5, 0.6) is 0 Å². The zero-order valence-electron chi connectivity index (χ0n) is 8.72. The summed E-state index contributed by atoms with van der Waals surface area (Å²) in [7, 11) is 0. The first-order valence-electron chi connectivity index (χ1n) is 5.62. The smallest absolute Gasteiger partial charge is 0.222 e. The number of nitrogens with zero attached hydrogens (tertiary/aromatic N) is 1. The summed E-state index contributed by atoms with van der Waals surface area (Å²) in [5.74, 6) is 0.383. The van der Waals surface area contributed by atoms with Crippen molar-refractivity contribution in [2.75, 3.05) is 13.1 Å². The molecule has 0 atom stereocenters. The molecular weight excluding hydrogens is 162 g/mol. The fraction of sp³-hybridized carbons (Fsp3) is 0.909. The van der Waals surface area contributed by atoms with E-state index in [1.807, 2.05) is 0 Å². The van der Waals surface area contributed by atoms with Crippen molar-refractivity contribution in [3.05, 3.63) is 0 Å². The summed E-state index contributed by atoms with van der Waals surface area (Å²) in [5, 5.41) is 0. The minimum atomic E-state index is 0.383. The third kappa shape index (κ3) is 3.79. The van der Waals surface area contributed by atoms with E-state index in [-0.39, 0.29) is 0 Å². The zero-order valence-corrected chi connectivity index (χ0v) is 8.72. The SMILES string of the molecule is CCCCCN1CCCCCC1=O. The van der Waals surface area contributed by atoms with Gasteiger partial charge in [-0.3, -0.25) is 4.79 Å². The Balaban J connectivity index is 2.24. The van der Waals surface area contributed by atoms with E-state index < -0.39 is 0 Å². The van der Waals surface area contributed by atoms with Gasteiger partial charge in [0.05, 0.1) is 0 Å². The minimum Gasteiger partial charge on any atom is -0.343 e. The number of hydrogen-bond donors (Lipinski definition) is 0. The second-order valence-electron chi connectivity index (χ2n) is 3.90. The van der Waals surface area contributed by atoms with Gasteiger partial charge in [-0.25, -0.2) is 0 Å². The van der Waals surface area contributed by atoms with Gasteiger partial charge in [-0.15, -0.1) is 0 Å². The van der Waals surface area contributed by atoms with Crippen LogP contribution < -0.4 is 0 Å². The van der Waals surface area contributed by atoms with Crippen LogP contribution in [0.2, 0.25) is 0 Å². The number of carbonyl (C=O) groups excluding carboxylic acids is 1. The third-order valence-electron chi connectivity index (χ3n) is 2.70. The van der Waals surface area contributed by atoms with E-state index in [1.165, 1.54) is 32.1 Å². The van der Waals surface area contributed by atoms with E-state index in [0.717, 1.165) is 25.9 Å². The van der Waals surface area contributed by atoms with E-state index >= 15 is 0 Å². The van der Waals surface area contributed by atoms with Crippen LogP contribution in [0.25, 0.3) is 0 Å². The van der Waals surface area contributed by atoms with Crippen LogP contribution in [0.15, 0.2) is 0 Å². The fourth-order valence-electron chi connectivity index (χ4n) is 1.83. The Kier molecular flexibility index (Phi) is 4.87. The summed E-state index contributed by atoms with van der Waals surface area (Å²) >= 11 is 0. The minimum absolute atomic E-state index is 0.383. The van der Waals surface area contributed by atoms with Crippen LogP contribution in [0.3, 0.4) is 0 Å². The quantitative estimate of drug-likeness (QED) is 0.613. The Hall–Kier alpha value is -0.530. The van der Waals surface area contributed by atoms with E-state index in [0.29, 0.717) is 5.91 Å². The summed E-state index contributed by atoms with van der Waals surface area (Å²) in [6, 6.07) is 0. The van der Waals surface area contributed by atoms with Crippen molar-refractivity contribution < 1.29 is 4.79 Å². The summed E-state index contributed by atoms with van der Waals surface area (Å²) in [5.41, 5.74) is 0. The molecule has 0 saturated carbocycles. The lowest BCUT2D eigenvalue weighted by Crippen LogP contribution is -2.31. The Morgan fingerprint density at radius 2 is 2.08 bits per heavy atom. The van der Waals surface area contributed by atoms with Crippen molar-refractivity contribution in [2.45, 2.75) is 51.9 Å². The van der Waals surface area contributed by atoms with Crippen LogP contribution in [0.1, 0.15) is 51.9 Å². The van der Waals surface area contributed by atoms with E-state index in [1.54, 1.807) is 0 Å². The van der Waals surface area contributed by atoms with Crippen LogP contribution in [-0.4, -0.2) is 23.9 Å². The van der Waals surface area contributed by atoms with Gasteiger partial charge in [-0.2, -0.15) is 0 Å². The van der Waals surface area contributed by atoms with Gasteiger partial charge in [0.1, 0.15) is 0 Å². The van der Waals surface area contributed by atoms with E-state index in [9.17, 15) is 4.79 Å². The molecule has 1 aliphatic heterocycles. The normalized spacial score (nSPS) is 18.8. The number of likely N-dealkylation sites (tertiary alicyclic amines) is 1. The molecule has 0 N–H and O–H groups in total. The highest BCUT2D eigenvalue weighted by Gasteiger charge is 2.15. The van der Waals surface area contributed by atoms with Crippen molar-refractivity contribution in [3.8, 4) is 0 Å². The summed E-state index contributed by atoms with van der Waals surface area (Å²) in [6.45, 7) is 4.19. The summed E-state index contributed by atoms with van der Waals surface area (Å²) in [4.78, 5) is 13.6. The number of rotatable bonds is 4. The first kappa shape index (κ1) is 10.6. The molecule has 76 valence electrons. The molecule has 0 unspecified atom stereocenters. The number of unbranched alkanes of at least 4 members (excludes halogenated alkanes) is 2. The topological polar surface area (TPSA) is 20.3 Å². The largest absolute Gasteiger partial charge is 0.343 e. The van der Waals surface area contributed by atoms with E-state index in [4.69, 9.17) is 0 Å². The molecule has 0 aromatic carbocycles. The molecular formula is C11H21NO. The van der Waals surface area contributed by atoms with Gasteiger partial charge in [0.15, 0.2) is 0 Å². The molecule has 0 radical (unpaired) electrons. The van der Waals surface area contributed by atoms with Crippen LogP contribution in [-0.2, 0) is 4.79 Å². The highest BCUT2D eigenvalue weighted by Crippen LogP contribution is 2.11. The standard InChI is InChI=1S/C11H21NO/c1-2-3-6-9-12-10-7-4-5-8-11(12)13/h2-10H2,1H3. The van der Waals surface area contributed by atoms with Gasteiger partial charge in [0.2, 0.25) is 5.91 Å². The monoisotopic (exact) mass is 183 g/mol. The molecule has 2 nitrogen and oxygen atoms in total. The first-order chi connectivity index (χ1) is 6.34. The molecule has 1 heterocycles. The molecule has 1 amide bonds. The molecule has 1 fully saturated rings. The molecule has 1 aliphatic rings. The second kappa shape index (κ2) is 6.01. The molecule has 1 rings (SSSR count). The Morgan fingerprint density at radius 3 is 2.85 bits per heavy atom. The lowest BCUT2D eigenvalue weighted by Gasteiger charge is -2.19. The Labute approximate surface area is 81.3 Å².